The van der Waals surface area contributed by atoms with E-state index in [1.54, 1.807) is 12.1 Å². The molecule has 3 aromatic rings. The second-order valence-corrected chi connectivity index (χ2v) is 8.55. The quantitative estimate of drug-likeness (QED) is 0.297. The molecule has 0 aromatic heterocycles. The summed E-state index contributed by atoms with van der Waals surface area (Å²) >= 11 is 0. The Morgan fingerprint density at radius 3 is 2.33 bits per heavy atom. The van der Waals surface area contributed by atoms with Crippen molar-refractivity contribution in [2.24, 2.45) is 0 Å². The van der Waals surface area contributed by atoms with E-state index in [1.807, 2.05) is 61.5 Å². The predicted octanol–water partition coefficient (Wildman–Crippen LogP) is 2.95. The zero-order chi connectivity index (χ0) is 25.7. The average Bonchev–Trinajstić information content (AvgIpc) is 3.28. The summed E-state index contributed by atoms with van der Waals surface area (Å²) in [6.45, 7) is 2.34. The van der Waals surface area contributed by atoms with E-state index in [2.05, 4.69) is 5.32 Å². The minimum Gasteiger partial charge on any atom is -0.490 e. The lowest BCUT2D eigenvalue weighted by Gasteiger charge is -2.19. The molecule has 9 nitrogen and oxygen atoms in total. The van der Waals surface area contributed by atoms with Crippen molar-refractivity contribution in [2.75, 3.05) is 13.2 Å². The number of hydrogen-bond donors (Lipinski definition) is 4. The van der Waals surface area contributed by atoms with Crippen LogP contribution in [0.15, 0.2) is 72.8 Å². The number of fused-ring (bicyclic) bond motifs is 1. The van der Waals surface area contributed by atoms with Gasteiger partial charge in [0.25, 0.3) is 0 Å². The normalized spacial score (nSPS) is 15.2. The number of ether oxygens (including phenoxy) is 3. The van der Waals surface area contributed by atoms with Crippen LogP contribution in [0.2, 0.25) is 0 Å². The summed E-state index contributed by atoms with van der Waals surface area (Å²) in [5, 5.41) is 32.2. The number of carboxylic acid groups (broad SMARTS) is 2. The lowest BCUT2D eigenvalue weighted by atomic mass is 10.0. The summed E-state index contributed by atoms with van der Waals surface area (Å²) < 4.78 is 16.1. The van der Waals surface area contributed by atoms with Crippen molar-refractivity contribution < 1.29 is 39.1 Å². The maximum Gasteiger partial charge on any atom is 0.453 e. The van der Waals surface area contributed by atoms with Crippen LogP contribution in [-0.4, -0.2) is 58.3 Å². The summed E-state index contributed by atoms with van der Waals surface area (Å²) in [6, 6.07) is 22.2. The molecular formula is C27H27NO8. The smallest absolute Gasteiger partial charge is 0.453 e. The predicted molar refractivity (Wildman–Crippen MR) is 130 cm³/mol. The molecule has 0 radical (unpaired) electrons. The molecule has 2 atom stereocenters. The molecule has 36 heavy (non-hydrogen) atoms. The van der Waals surface area contributed by atoms with Crippen molar-refractivity contribution in [2.45, 2.75) is 31.3 Å². The molecule has 0 saturated carbocycles. The Labute approximate surface area is 207 Å². The average molecular weight is 494 g/mol. The van der Waals surface area contributed by atoms with Crippen LogP contribution in [-0.2, 0) is 16.0 Å². The molecule has 1 heterocycles. The number of para-hydroxylation sites is 1. The first-order valence-corrected chi connectivity index (χ1v) is 11.4. The first kappa shape index (κ1) is 25.0. The van der Waals surface area contributed by atoms with E-state index >= 15 is 0 Å². The third kappa shape index (κ3) is 5.42. The van der Waals surface area contributed by atoms with Crippen molar-refractivity contribution in [3.05, 3.63) is 78.4 Å². The number of hydrogen-bond acceptors (Lipinski definition) is 7. The van der Waals surface area contributed by atoms with Gasteiger partial charge in [-0.2, -0.15) is 0 Å². The third-order valence-electron chi connectivity index (χ3n) is 5.73. The van der Waals surface area contributed by atoms with Gasteiger partial charge in [-0.1, -0.05) is 54.6 Å². The molecule has 2 unspecified atom stereocenters. The first-order chi connectivity index (χ1) is 17.3. The van der Waals surface area contributed by atoms with E-state index in [-0.39, 0.29) is 24.1 Å². The molecule has 9 heteroatoms. The van der Waals surface area contributed by atoms with Gasteiger partial charge >= 0.3 is 17.7 Å². The van der Waals surface area contributed by atoms with Gasteiger partial charge in [-0.15, -0.1) is 0 Å². The number of carbonyl (C=O) groups is 2. The summed E-state index contributed by atoms with van der Waals surface area (Å²) in [6.07, 6.45) is -0.228. The summed E-state index contributed by atoms with van der Waals surface area (Å²) in [5.74, 6) is -5.48. The van der Waals surface area contributed by atoms with Gasteiger partial charge in [-0.05, 0) is 42.7 Å². The fourth-order valence-electron chi connectivity index (χ4n) is 3.90. The van der Waals surface area contributed by atoms with E-state index in [0.29, 0.717) is 18.7 Å². The van der Waals surface area contributed by atoms with Gasteiger partial charge in [0.05, 0.1) is 0 Å². The van der Waals surface area contributed by atoms with E-state index in [1.165, 1.54) is 6.07 Å². The third-order valence-corrected chi connectivity index (χ3v) is 5.73. The van der Waals surface area contributed by atoms with E-state index in [0.717, 1.165) is 16.7 Å². The van der Waals surface area contributed by atoms with Crippen LogP contribution in [0.3, 0.4) is 0 Å². The second-order valence-electron chi connectivity index (χ2n) is 8.55. The number of rotatable bonds is 11. The van der Waals surface area contributed by atoms with E-state index in [4.69, 9.17) is 14.2 Å². The molecule has 3 aromatic carbocycles. The van der Waals surface area contributed by atoms with Gasteiger partial charge in [0, 0.05) is 18.2 Å². The topological polar surface area (TPSA) is 135 Å². The number of carboxylic acids is 2. The molecule has 0 aliphatic carbocycles. The van der Waals surface area contributed by atoms with Crippen LogP contribution in [0, 0.1) is 0 Å². The minimum atomic E-state index is -2.78. The number of aliphatic hydroxyl groups excluding tert-OH is 1. The lowest BCUT2D eigenvalue weighted by molar-refractivity contribution is -0.194. The molecule has 0 spiro atoms. The number of benzene rings is 3. The summed E-state index contributed by atoms with van der Waals surface area (Å²) in [4.78, 5) is 22.8. The maximum atomic E-state index is 11.4. The van der Waals surface area contributed by atoms with Gasteiger partial charge in [0.1, 0.15) is 18.5 Å². The van der Waals surface area contributed by atoms with E-state index < -0.39 is 23.8 Å². The summed E-state index contributed by atoms with van der Waals surface area (Å²) in [5.41, 5.74) is 2.76. The van der Waals surface area contributed by atoms with Crippen molar-refractivity contribution in [1.82, 2.24) is 5.32 Å². The Bertz CT molecular complexity index is 1220. The largest absolute Gasteiger partial charge is 0.490 e. The monoisotopic (exact) mass is 493 g/mol. The fraction of sp³-hybridized carbons (Fsp3) is 0.259. The fourth-order valence-corrected chi connectivity index (χ4v) is 3.90. The summed E-state index contributed by atoms with van der Waals surface area (Å²) in [7, 11) is 0. The Balaban J connectivity index is 1.29. The molecular weight excluding hydrogens is 466 g/mol. The van der Waals surface area contributed by atoms with Crippen LogP contribution < -0.4 is 19.5 Å². The van der Waals surface area contributed by atoms with Crippen molar-refractivity contribution >= 4 is 11.9 Å². The highest BCUT2D eigenvalue weighted by Crippen LogP contribution is 2.40. The SMILES string of the molecule is CC(Cc1ccc2c(c1)OC(C(=O)O)(C(=O)O)O2)NCC(O)COc1ccccc1-c1ccccc1. The Morgan fingerprint density at radius 2 is 1.61 bits per heavy atom. The van der Waals surface area contributed by atoms with Gasteiger partial charge in [0.15, 0.2) is 11.5 Å². The van der Waals surface area contributed by atoms with E-state index in [9.17, 15) is 24.9 Å². The standard InChI is InChI=1S/C27H27NO8/c1-17(13-18-11-12-23-24(14-18)36-27(35-23,25(30)31)26(32)33)28-15-20(29)16-34-22-10-6-5-9-21(22)19-7-3-2-4-8-19/h2-12,14,17,20,28-29H,13,15-16H2,1H3,(H,30,31)(H,32,33). The Kier molecular flexibility index (Phi) is 7.42. The molecule has 4 rings (SSSR count). The lowest BCUT2D eigenvalue weighted by Crippen LogP contribution is -2.54. The van der Waals surface area contributed by atoms with Gasteiger partial charge in [-0.3, -0.25) is 0 Å². The minimum absolute atomic E-state index is 0.0486. The van der Waals surface area contributed by atoms with Gasteiger partial charge in [0.2, 0.25) is 0 Å². The molecule has 1 aliphatic rings. The first-order valence-electron chi connectivity index (χ1n) is 11.4. The highest BCUT2D eigenvalue weighted by molar-refractivity contribution is 6.01. The zero-order valence-electron chi connectivity index (χ0n) is 19.6. The van der Waals surface area contributed by atoms with Crippen molar-refractivity contribution in [3.8, 4) is 28.4 Å². The van der Waals surface area contributed by atoms with Gasteiger partial charge in [-0.25, -0.2) is 9.59 Å². The van der Waals surface area contributed by atoms with Crippen LogP contribution in [0.4, 0.5) is 0 Å². The Morgan fingerprint density at radius 1 is 0.944 bits per heavy atom. The van der Waals surface area contributed by atoms with Crippen molar-refractivity contribution in [1.29, 1.82) is 0 Å². The molecule has 0 saturated heterocycles. The van der Waals surface area contributed by atoms with Crippen molar-refractivity contribution in [3.63, 3.8) is 0 Å². The highest BCUT2D eigenvalue weighted by Gasteiger charge is 2.57. The number of nitrogens with one attached hydrogen (secondary N) is 1. The number of aliphatic hydroxyl groups is 1. The van der Waals surface area contributed by atoms with Crippen LogP contribution >= 0.6 is 0 Å². The van der Waals surface area contributed by atoms with Crippen LogP contribution in [0.5, 0.6) is 17.2 Å². The molecule has 188 valence electrons. The molecule has 0 fully saturated rings. The molecule has 0 bridgehead atoms. The zero-order valence-corrected chi connectivity index (χ0v) is 19.6. The number of aliphatic carboxylic acids is 2. The van der Waals surface area contributed by atoms with Crippen LogP contribution in [0.25, 0.3) is 11.1 Å². The molecule has 4 N–H and O–H groups in total. The highest BCUT2D eigenvalue weighted by atomic mass is 16.8. The second kappa shape index (κ2) is 10.7. The Hall–Kier alpha value is -4.08. The molecule has 0 amide bonds. The molecule has 1 aliphatic heterocycles. The van der Waals surface area contributed by atoms with Crippen LogP contribution in [0.1, 0.15) is 12.5 Å². The maximum absolute atomic E-state index is 11.4. The van der Waals surface area contributed by atoms with Gasteiger partial charge < -0.3 is 34.8 Å².